The Hall–Kier alpha value is -1.33. The normalized spacial score (nSPS) is 17.2. The summed E-state index contributed by atoms with van der Waals surface area (Å²) in [5.41, 5.74) is 7.15. The number of thioether (sulfide) groups is 1. The molecule has 0 bridgehead atoms. The first-order valence-corrected chi connectivity index (χ1v) is 8.43. The summed E-state index contributed by atoms with van der Waals surface area (Å²) in [5, 5.41) is 4.13. The van der Waals surface area contributed by atoms with Gasteiger partial charge in [-0.1, -0.05) is 35.7 Å². The number of aromatic nitrogens is 2. The Bertz CT molecular complexity index is 605. The Balaban J connectivity index is 1.68. The highest BCUT2D eigenvalue weighted by Crippen LogP contribution is 2.39. The van der Waals surface area contributed by atoms with Crippen molar-refractivity contribution in [2.24, 2.45) is 5.73 Å². The summed E-state index contributed by atoms with van der Waals surface area (Å²) in [6.45, 7) is 2.70. The summed E-state index contributed by atoms with van der Waals surface area (Å²) in [7, 11) is 0. The predicted molar refractivity (Wildman–Crippen MR) is 84.2 cm³/mol. The van der Waals surface area contributed by atoms with Crippen LogP contribution in [0.2, 0.25) is 0 Å². The summed E-state index contributed by atoms with van der Waals surface area (Å²) < 4.78 is 5.50. The smallest absolute Gasteiger partial charge is 0.234 e. The van der Waals surface area contributed by atoms with E-state index in [1.165, 1.54) is 23.3 Å². The van der Waals surface area contributed by atoms with Crippen LogP contribution in [0.1, 0.15) is 43.0 Å². The first kappa shape index (κ1) is 14.6. The molecule has 1 aromatic carbocycles. The van der Waals surface area contributed by atoms with Gasteiger partial charge in [-0.25, -0.2) is 0 Å². The number of nitrogens with zero attached hydrogens (tertiary/aromatic N) is 2. The van der Waals surface area contributed by atoms with Crippen molar-refractivity contribution in [3.05, 3.63) is 41.5 Å². The Morgan fingerprint density at radius 2 is 2.14 bits per heavy atom. The molecule has 3 rings (SSSR count). The number of benzene rings is 1. The summed E-state index contributed by atoms with van der Waals surface area (Å²) in [4.78, 5) is 5.83. The molecule has 4 nitrogen and oxygen atoms in total. The molecule has 1 heterocycles. The van der Waals surface area contributed by atoms with E-state index in [-0.39, 0.29) is 5.41 Å². The molecule has 1 aliphatic rings. The zero-order chi connectivity index (χ0) is 14.7. The van der Waals surface area contributed by atoms with Crippen molar-refractivity contribution in [3.63, 3.8) is 0 Å². The minimum Gasteiger partial charge on any atom is -0.339 e. The number of hydrogen-bond donors (Lipinski definition) is 1. The van der Waals surface area contributed by atoms with E-state index in [0.717, 1.165) is 30.3 Å². The molecule has 1 fully saturated rings. The SMILES string of the molecule is Cc1cccc(SCc2noc(C3(CN)CCCC3)n2)c1. The minimum absolute atomic E-state index is 0.0702. The molecule has 5 heteroatoms. The zero-order valence-corrected chi connectivity index (χ0v) is 13.2. The molecule has 0 aliphatic heterocycles. The van der Waals surface area contributed by atoms with Crippen molar-refractivity contribution >= 4 is 11.8 Å². The Labute approximate surface area is 129 Å². The number of nitrogens with two attached hydrogens (primary N) is 1. The lowest BCUT2D eigenvalue weighted by atomic mass is 9.86. The second kappa shape index (κ2) is 6.20. The van der Waals surface area contributed by atoms with E-state index in [4.69, 9.17) is 10.3 Å². The third-order valence-electron chi connectivity index (χ3n) is 4.23. The summed E-state index contributed by atoms with van der Waals surface area (Å²) >= 11 is 1.73. The van der Waals surface area contributed by atoms with Gasteiger partial charge in [0.1, 0.15) is 0 Å². The average Bonchev–Trinajstić information content (AvgIpc) is 3.15. The second-order valence-electron chi connectivity index (χ2n) is 5.81. The molecule has 2 aromatic rings. The molecule has 2 N–H and O–H groups in total. The molecular weight excluding hydrogens is 282 g/mol. The van der Waals surface area contributed by atoms with Crippen LogP contribution in [0.25, 0.3) is 0 Å². The van der Waals surface area contributed by atoms with Crippen LogP contribution < -0.4 is 5.73 Å². The summed E-state index contributed by atoms with van der Waals surface area (Å²) in [5.74, 6) is 2.23. The maximum Gasteiger partial charge on any atom is 0.234 e. The average molecular weight is 303 g/mol. The number of hydrogen-bond acceptors (Lipinski definition) is 5. The van der Waals surface area contributed by atoms with E-state index in [9.17, 15) is 0 Å². The molecule has 21 heavy (non-hydrogen) atoms. The van der Waals surface area contributed by atoms with Crippen LogP contribution in [-0.4, -0.2) is 16.7 Å². The van der Waals surface area contributed by atoms with Gasteiger partial charge in [0, 0.05) is 11.4 Å². The van der Waals surface area contributed by atoms with Gasteiger partial charge >= 0.3 is 0 Å². The first-order chi connectivity index (χ1) is 10.2. The van der Waals surface area contributed by atoms with Crippen molar-refractivity contribution in [3.8, 4) is 0 Å². The van der Waals surface area contributed by atoms with Gasteiger partial charge in [0.2, 0.25) is 5.89 Å². The summed E-state index contributed by atoms with van der Waals surface area (Å²) in [6, 6.07) is 8.45. The van der Waals surface area contributed by atoms with Crippen LogP contribution in [0, 0.1) is 6.92 Å². The summed E-state index contributed by atoms with van der Waals surface area (Å²) in [6.07, 6.45) is 4.53. The molecule has 0 unspecified atom stereocenters. The Morgan fingerprint density at radius 3 is 2.86 bits per heavy atom. The van der Waals surface area contributed by atoms with Crippen molar-refractivity contribution in [2.45, 2.75) is 48.7 Å². The molecule has 1 aromatic heterocycles. The van der Waals surface area contributed by atoms with Gasteiger partial charge in [-0.2, -0.15) is 4.98 Å². The lowest BCUT2D eigenvalue weighted by Crippen LogP contribution is -2.32. The van der Waals surface area contributed by atoms with Crippen LogP contribution >= 0.6 is 11.8 Å². The highest BCUT2D eigenvalue weighted by atomic mass is 32.2. The van der Waals surface area contributed by atoms with Crippen LogP contribution in [0.3, 0.4) is 0 Å². The van der Waals surface area contributed by atoms with E-state index in [1.54, 1.807) is 11.8 Å². The lowest BCUT2D eigenvalue weighted by molar-refractivity contribution is 0.283. The fourth-order valence-corrected chi connectivity index (χ4v) is 3.80. The molecule has 1 saturated carbocycles. The van der Waals surface area contributed by atoms with E-state index < -0.39 is 0 Å². The van der Waals surface area contributed by atoms with Gasteiger partial charge in [-0.15, -0.1) is 11.8 Å². The molecule has 0 spiro atoms. The van der Waals surface area contributed by atoms with Crippen molar-refractivity contribution in [1.29, 1.82) is 0 Å². The Morgan fingerprint density at radius 1 is 1.33 bits per heavy atom. The zero-order valence-electron chi connectivity index (χ0n) is 12.3. The number of aryl methyl sites for hydroxylation is 1. The lowest BCUT2D eigenvalue weighted by Gasteiger charge is -2.21. The van der Waals surface area contributed by atoms with E-state index >= 15 is 0 Å². The monoisotopic (exact) mass is 303 g/mol. The largest absolute Gasteiger partial charge is 0.339 e. The molecule has 0 atom stereocenters. The first-order valence-electron chi connectivity index (χ1n) is 7.44. The van der Waals surface area contributed by atoms with Crippen LogP contribution in [0.15, 0.2) is 33.7 Å². The second-order valence-corrected chi connectivity index (χ2v) is 6.86. The van der Waals surface area contributed by atoms with E-state index in [0.29, 0.717) is 6.54 Å². The highest BCUT2D eigenvalue weighted by molar-refractivity contribution is 7.98. The van der Waals surface area contributed by atoms with Crippen molar-refractivity contribution in [2.75, 3.05) is 6.54 Å². The van der Waals surface area contributed by atoms with Gasteiger partial charge < -0.3 is 10.3 Å². The van der Waals surface area contributed by atoms with E-state index in [2.05, 4.69) is 41.3 Å². The fraction of sp³-hybridized carbons (Fsp3) is 0.500. The Kier molecular flexibility index (Phi) is 4.31. The van der Waals surface area contributed by atoms with Crippen molar-refractivity contribution in [1.82, 2.24) is 10.1 Å². The van der Waals surface area contributed by atoms with Gasteiger partial charge in [-0.05, 0) is 31.9 Å². The highest BCUT2D eigenvalue weighted by Gasteiger charge is 2.39. The molecular formula is C16H21N3OS. The van der Waals surface area contributed by atoms with Crippen LogP contribution in [0.5, 0.6) is 0 Å². The maximum atomic E-state index is 5.96. The maximum absolute atomic E-state index is 5.96. The van der Waals surface area contributed by atoms with Crippen molar-refractivity contribution < 1.29 is 4.52 Å². The fourth-order valence-electron chi connectivity index (χ4n) is 2.94. The molecule has 0 saturated heterocycles. The third kappa shape index (κ3) is 3.14. The molecule has 0 radical (unpaired) electrons. The van der Waals surface area contributed by atoms with Gasteiger partial charge in [0.25, 0.3) is 0 Å². The quantitative estimate of drug-likeness (QED) is 0.857. The number of rotatable bonds is 5. The van der Waals surface area contributed by atoms with Crippen LogP contribution in [0.4, 0.5) is 0 Å². The standard InChI is InChI=1S/C16H21N3OS/c1-12-5-4-6-13(9-12)21-10-14-18-15(20-19-14)16(11-17)7-2-3-8-16/h4-6,9H,2-3,7-8,10-11,17H2,1H3. The van der Waals surface area contributed by atoms with E-state index in [1.807, 2.05) is 0 Å². The predicted octanol–water partition coefficient (Wildman–Crippen LogP) is 3.44. The molecule has 0 amide bonds. The van der Waals surface area contributed by atoms with Gasteiger partial charge in [0.15, 0.2) is 5.82 Å². The molecule has 1 aliphatic carbocycles. The van der Waals surface area contributed by atoms with Gasteiger partial charge in [0.05, 0.1) is 11.2 Å². The van der Waals surface area contributed by atoms with Gasteiger partial charge in [-0.3, -0.25) is 0 Å². The molecule has 112 valence electrons. The minimum atomic E-state index is -0.0702. The van der Waals surface area contributed by atoms with Crippen LogP contribution in [-0.2, 0) is 11.2 Å². The topological polar surface area (TPSA) is 64.9 Å². The third-order valence-corrected chi connectivity index (χ3v) is 5.22.